The van der Waals surface area contributed by atoms with Gasteiger partial charge in [-0.3, -0.25) is 0 Å². The van der Waals surface area contributed by atoms with Gasteiger partial charge in [0.1, 0.15) is 11.5 Å². The van der Waals surface area contributed by atoms with Crippen LogP contribution in [0.25, 0.3) is 64.6 Å². The van der Waals surface area contributed by atoms with E-state index >= 15 is 0 Å². The van der Waals surface area contributed by atoms with E-state index in [1.165, 1.54) is 95.9 Å². The molecule has 1 heteroatoms. The molecule has 0 saturated carbocycles. The summed E-state index contributed by atoms with van der Waals surface area (Å²) in [7, 11) is 0. The smallest absolute Gasteiger partial charge is 0.135 e. The zero-order valence-electron chi connectivity index (χ0n) is 21.2. The van der Waals surface area contributed by atoms with Crippen molar-refractivity contribution in [1.29, 1.82) is 0 Å². The van der Waals surface area contributed by atoms with E-state index in [1.807, 2.05) is 30.3 Å². The maximum Gasteiger partial charge on any atom is 0.135 e. The third-order valence-corrected chi connectivity index (χ3v) is 9.01. The van der Waals surface area contributed by atoms with Crippen molar-refractivity contribution in [2.24, 2.45) is 0 Å². The van der Waals surface area contributed by atoms with Crippen LogP contribution >= 0.6 is 0 Å². The first-order valence-corrected chi connectivity index (χ1v) is 13.9. The zero-order chi connectivity index (χ0) is 24.8. The van der Waals surface area contributed by atoms with E-state index in [1.54, 1.807) is 5.56 Å². The molecule has 180 valence electrons. The minimum absolute atomic E-state index is 0.874. The Morgan fingerprint density at radius 1 is 0.447 bits per heavy atom. The van der Waals surface area contributed by atoms with Crippen LogP contribution in [0.3, 0.4) is 0 Å². The molecule has 1 aliphatic rings. The summed E-state index contributed by atoms with van der Waals surface area (Å²) >= 11 is 0. The quantitative estimate of drug-likeness (QED) is 0.236. The molecule has 0 saturated heterocycles. The molecule has 38 heavy (non-hydrogen) atoms. The molecule has 0 atom stereocenters. The molecule has 0 aliphatic heterocycles. The summed E-state index contributed by atoms with van der Waals surface area (Å²) in [5.74, 6) is 1.80. The molecule has 0 N–H and O–H groups in total. The first kappa shape index (κ1) is 20.7. The van der Waals surface area contributed by atoms with Crippen LogP contribution in [-0.2, 0) is 12.8 Å². The molecule has 0 aromatic heterocycles. The lowest BCUT2D eigenvalue weighted by molar-refractivity contribution is 0.488. The van der Waals surface area contributed by atoms with E-state index in [2.05, 4.69) is 66.7 Å². The van der Waals surface area contributed by atoms with Crippen LogP contribution in [0.1, 0.15) is 30.4 Å². The highest BCUT2D eigenvalue weighted by molar-refractivity contribution is 6.39. The Morgan fingerprint density at radius 3 is 2.18 bits per heavy atom. The van der Waals surface area contributed by atoms with Gasteiger partial charge in [0.2, 0.25) is 0 Å². The average molecular weight is 487 g/mol. The van der Waals surface area contributed by atoms with Crippen LogP contribution in [0.2, 0.25) is 0 Å². The van der Waals surface area contributed by atoms with Gasteiger partial charge >= 0.3 is 0 Å². The van der Waals surface area contributed by atoms with E-state index in [-0.39, 0.29) is 0 Å². The highest BCUT2D eigenvalue weighted by atomic mass is 16.5. The van der Waals surface area contributed by atoms with Crippen molar-refractivity contribution in [1.82, 2.24) is 0 Å². The maximum atomic E-state index is 6.41. The monoisotopic (exact) mass is 486 g/mol. The van der Waals surface area contributed by atoms with Gasteiger partial charge in [-0.05, 0) is 121 Å². The van der Waals surface area contributed by atoms with Crippen molar-refractivity contribution in [3.63, 3.8) is 0 Å². The van der Waals surface area contributed by atoms with Crippen LogP contribution < -0.4 is 4.74 Å². The largest absolute Gasteiger partial charge is 0.457 e. The van der Waals surface area contributed by atoms with Gasteiger partial charge < -0.3 is 4.74 Å². The molecule has 8 aromatic rings. The zero-order valence-corrected chi connectivity index (χ0v) is 21.2. The van der Waals surface area contributed by atoms with Gasteiger partial charge in [-0.25, -0.2) is 0 Å². The SMILES string of the molecule is c1ccc(Oc2ccc3c4cc5c6cccc7ccc8c(c5c(c4c4cccc2c34)CCCCC8)c76)cc1. The lowest BCUT2D eigenvalue weighted by atomic mass is 9.94. The van der Waals surface area contributed by atoms with Crippen molar-refractivity contribution in [2.45, 2.75) is 32.1 Å². The Hall–Kier alpha value is -4.36. The van der Waals surface area contributed by atoms with E-state index in [0.717, 1.165) is 17.9 Å². The summed E-state index contributed by atoms with van der Waals surface area (Å²) in [4.78, 5) is 0. The van der Waals surface area contributed by atoms with Gasteiger partial charge in [-0.15, -0.1) is 0 Å². The van der Waals surface area contributed by atoms with Crippen LogP contribution in [0, 0.1) is 0 Å². The topological polar surface area (TPSA) is 9.23 Å². The molecule has 0 spiro atoms. The average Bonchev–Trinajstić information content (AvgIpc) is 3.49. The van der Waals surface area contributed by atoms with Crippen molar-refractivity contribution in [3.05, 3.63) is 108 Å². The van der Waals surface area contributed by atoms with Gasteiger partial charge in [-0.2, -0.15) is 0 Å². The van der Waals surface area contributed by atoms with E-state index < -0.39 is 0 Å². The van der Waals surface area contributed by atoms with Crippen molar-refractivity contribution < 1.29 is 4.74 Å². The molecule has 0 radical (unpaired) electrons. The first-order chi connectivity index (χ1) is 18.9. The Kier molecular flexibility index (Phi) is 4.13. The lowest BCUT2D eigenvalue weighted by Crippen LogP contribution is -1.88. The van der Waals surface area contributed by atoms with E-state index in [4.69, 9.17) is 4.74 Å². The molecule has 1 aliphatic carbocycles. The molecule has 1 nitrogen and oxygen atoms in total. The van der Waals surface area contributed by atoms with Gasteiger partial charge in [0.05, 0.1) is 0 Å². The summed E-state index contributed by atoms with van der Waals surface area (Å²) in [6.07, 6.45) is 6.09. The molecule has 0 unspecified atom stereocenters. The highest BCUT2D eigenvalue weighted by Crippen LogP contribution is 2.50. The van der Waals surface area contributed by atoms with Crippen molar-refractivity contribution in [2.75, 3.05) is 0 Å². The fraction of sp³-hybridized carbons (Fsp3) is 0.135. The summed E-state index contributed by atoms with van der Waals surface area (Å²) in [6.45, 7) is 0. The predicted molar refractivity (Wildman–Crippen MR) is 162 cm³/mol. The number of para-hydroxylation sites is 1. The van der Waals surface area contributed by atoms with Crippen molar-refractivity contribution in [3.8, 4) is 11.5 Å². The minimum Gasteiger partial charge on any atom is -0.457 e. The standard InChI is InChI=1S/C37H26O/c1-3-9-23-18-17-22-10-7-14-25-31-21-30-26-19-20-32(38-24-11-4-2-5-12-24)27-15-8-16-28(35(26)27)36(30)29(13-6-1)37(31)34(23)33(22)25/h2,4-5,7-8,10-12,14-21H,1,3,6,9,13H2. The maximum absolute atomic E-state index is 6.41. The highest BCUT2D eigenvalue weighted by Gasteiger charge is 2.24. The number of aryl methyl sites for hydroxylation is 2. The Labute approximate surface area is 220 Å². The van der Waals surface area contributed by atoms with E-state index in [0.29, 0.717) is 0 Å². The molecular formula is C37H26O. The normalized spacial score (nSPS) is 14.3. The predicted octanol–water partition coefficient (Wildman–Crippen LogP) is 10.5. The third-order valence-electron chi connectivity index (χ3n) is 9.01. The molecule has 0 fully saturated rings. The molecule has 9 rings (SSSR count). The fourth-order valence-corrected chi connectivity index (χ4v) is 7.46. The van der Waals surface area contributed by atoms with Crippen LogP contribution in [0.4, 0.5) is 0 Å². The number of hydrogen-bond acceptors (Lipinski definition) is 1. The lowest BCUT2D eigenvalue weighted by Gasteiger charge is -2.10. The number of ether oxygens (including phenoxy) is 1. The number of fused-ring (bicyclic) bond motifs is 5. The Bertz CT molecular complexity index is 2170. The molecule has 0 heterocycles. The van der Waals surface area contributed by atoms with Crippen LogP contribution in [-0.4, -0.2) is 0 Å². The van der Waals surface area contributed by atoms with Crippen LogP contribution in [0.5, 0.6) is 11.5 Å². The van der Waals surface area contributed by atoms with Crippen molar-refractivity contribution >= 4 is 64.6 Å². The van der Waals surface area contributed by atoms with Gasteiger partial charge in [-0.1, -0.05) is 73.2 Å². The summed E-state index contributed by atoms with van der Waals surface area (Å²) < 4.78 is 6.41. The van der Waals surface area contributed by atoms with Gasteiger partial charge in [0.25, 0.3) is 0 Å². The van der Waals surface area contributed by atoms with Crippen LogP contribution in [0.15, 0.2) is 97.1 Å². The summed E-state index contributed by atoms with van der Waals surface area (Å²) in [6, 6.07) is 35.5. The van der Waals surface area contributed by atoms with E-state index in [9.17, 15) is 0 Å². The second-order valence-electron chi connectivity index (χ2n) is 11.0. The molecule has 0 amide bonds. The Morgan fingerprint density at radius 2 is 1.24 bits per heavy atom. The van der Waals surface area contributed by atoms with Gasteiger partial charge in [0.15, 0.2) is 0 Å². The van der Waals surface area contributed by atoms with Gasteiger partial charge in [0, 0.05) is 10.8 Å². The second kappa shape index (κ2) is 7.58. The minimum atomic E-state index is 0.874. The molecular weight excluding hydrogens is 460 g/mol. The second-order valence-corrected chi connectivity index (χ2v) is 11.0. The fourth-order valence-electron chi connectivity index (χ4n) is 7.46. The first-order valence-electron chi connectivity index (χ1n) is 13.9. The number of hydrogen-bond donors (Lipinski definition) is 0. The molecule has 0 bridgehead atoms. The number of rotatable bonds is 2. The summed E-state index contributed by atoms with van der Waals surface area (Å²) in [5.41, 5.74) is 3.08. The Balaban J connectivity index is 1.46. The number of benzene rings is 6. The molecule has 8 aromatic carbocycles. The third kappa shape index (κ3) is 2.66. The summed E-state index contributed by atoms with van der Waals surface area (Å²) in [5, 5.41) is 16.8.